The third-order valence-electron chi connectivity index (χ3n) is 4.57. The van der Waals surface area contributed by atoms with E-state index >= 15 is 0 Å². The van der Waals surface area contributed by atoms with Crippen LogP contribution in [-0.2, 0) is 19.5 Å². The minimum absolute atomic E-state index is 0.00268. The van der Waals surface area contributed by atoms with Gasteiger partial charge in [0.1, 0.15) is 10.8 Å². The summed E-state index contributed by atoms with van der Waals surface area (Å²) in [6, 6.07) is 8.32. The lowest BCUT2D eigenvalue weighted by molar-refractivity contribution is 0.243. The van der Waals surface area contributed by atoms with Crippen molar-refractivity contribution in [3.05, 3.63) is 68.3 Å². The number of aryl methyl sites for hydroxylation is 2. The van der Waals surface area contributed by atoms with Gasteiger partial charge in [-0.1, -0.05) is 24.3 Å². The van der Waals surface area contributed by atoms with Crippen LogP contribution in [0.1, 0.15) is 27.5 Å². The Morgan fingerprint density at radius 1 is 1.28 bits per heavy atom. The second kappa shape index (κ2) is 6.54. The molecule has 5 nitrogen and oxygen atoms in total. The fourth-order valence-electron chi connectivity index (χ4n) is 3.28. The Kier molecular flexibility index (Phi) is 4.23. The standard InChI is InChI=1S/C19H20N4OS/c1-12-5-3-4-6-15(12)19-20-9-14(25-19)10-23-8-7-17-16(11-23)18(24)22-13(2)21-17/h3-6,9H,7-8,10-11H2,1-2H3,(H,21,22,24). The Morgan fingerprint density at radius 3 is 2.96 bits per heavy atom. The van der Waals surface area contributed by atoms with Gasteiger partial charge in [0, 0.05) is 42.7 Å². The Balaban J connectivity index is 1.52. The topological polar surface area (TPSA) is 61.9 Å². The van der Waals surface area contributed by atoms with Crippen molar-refractivity contribution in [3.63, 3.8) is 0 Å². The van der Waals surface area contributed by atoms with Gasteiger partial charge >= 0.3 is 0 Å². The number of benzene rings is 1. The molecule has 0 amide bonds. The van der Waals surface area contributed by atoms with Crippen molar-refractivity contribution in [3.8, 4) is 10.6 Å². The summed E-state index contributed by atoms with van der Waals surface area (Å²) in [4.78, 5) is 27.6. The smallest absolute Gasteiger partial charge is 0.255 e. The lowest BCUT2D eigenvalue weighted by Crippen LogP contribution is -2.35. The molecule has 1 aliphatic heterocycles. The quantitative estimate of drug-likeness (QED) is 0.787. The molecular weight excluding hydrogens is 332 g/mol. The average Bonchev–Trinajstić information content (AvgIpc) is 3.04. The summed E-state index contributed by atoms with van der Waals surface area (Å²) in [5, 5.41) is 1.06. The van der Waals surface area contributed by atoms with Gasteiger partial charge in [0.15, 0.2) is 0 Å². The maximum atomic E-state index is 12.2. The van der Waals surface area contributed by atoms with E-state index in [1.54, 1.807) is 11.3 Å². The molecule has 128 valence electrons. The number of hydrogen-bond acceptors (Lipinski definition) is 5. The summed E-state index contributed by atoms with van der Waals surface area (Å²) in [5.74, 6) is 0.697. The van der Waals surface area contributed by atoms with E-state index in [9.17, 15) is 4.79 Å². The molecule has 25 heavy (non-hydrogen) atoms. The van der Waals surface area contributed by atoms with Gasteiger partial charge in [0.05, 0.1) is 11.3 Å². The molecular formula is C19H20N4OS. The van der Waals surface area contributed by atoms with Crippen LogP contribution in [0.15, 0.2) is 35.3 Å². The van der Waals surface area contributed by atoms with Crippen molar-refractivity contribution in [2.45, 2.75) is 33.4 Å². The second-order valence-electron chi connectivity index (χ2n) is 6.48. The molecule has 4 rings (SSSR count). The number of H-pyrrole nitrogens is 1. The summed E-state index contributed by atoms with van der Waals surface area (Å²) in [6.07, 6.45) is 2.78. The molecule has 1 N–H and O–H groups in total. The number of aromatic amines is 1. The molecule has 1 aliphatic rings. The van der Waals surface area contributed by atoms with Crippen LogP contribution in [0, 0.1) is 13.8 Å². The molecule has 0 aliphatic carbocycles. The van der Waals surface area contributed by atoms with E-state index in [0.717, 1.165) is 35.8 Å². The summed E-state index contributed by atoms with van der Waals surface area (Å²) in [7, 11) is 0. The third-order valence-corrected chi connectivity index (χ3v) is 5.59. The van der Waals surface area contributed by atoms with Gasteiger partial charge in [-0.25, -0.2) is 9.97 Å². The van der Waals surface area contributed by atoms with Crippen molar-refractivity contribution in [1.82, 2.24) is 19.9 Å². The fourth-order valence-corrected chi connectivity index (χ4v) is 4.32. The van der Waals surface area contributed by atoms with Crippen molar-refractivity contribution in [2.75, 3.05) is 6.54 Å². The lowest BCUT2D eigenvalue weighted by atomic mass is 10.1. The van der Waals surface area contributed by atoms with E-state index in [-0.39, 0.29) is 5.56 Å². The van der Waals surface area contributed by atoms with Gasteiger partial charge in [0.2, 0.25) is 0 Å². The zero-order valence-corrected chi connectivity index (χ0v) is 15.2. The summed E-state index contributed by atoms with van der Waals surface area (Å²) in [5.41, 5.74) is 4.18. The average molecular weight is 352 g/mol. The molecule has 3 aromatic rings. The molecule has 0 saturated carbocycles. The van der Waals surface area contributed by atoms with Crippen LogP contribution < -0.4 is 5.56 Å². The predicted octanol–water partition coefficient (Wildman–Crippen LogP) is 3.07. The van der Waals surface area contributed by atoms with Crippen molar-refractivity contribution in [2.24, 2.45) is 0 Å². The number of aromatic nitrogens is 3. The Hall–Kier alpha value is -2.31. The zero-order valence-electron chi connectivity index (χ0n) is 14.4. The summed E-state index contributed by atoms with van der Waals surface area (Å²) in [6.45, 7) is 6.32. The molecule has 0 saturated heterocycles. The molecule has 0 atom stereocenters. The van der Waals surface area contributed by atoms with E-state index in [4.69, 9.17) is 0 Å². The molecule has 6 heteroatoms. The van der Waals surface area contributed by atoms with E-state index < -0.39 is 0 Å². The Labute approximate surface area is 150 Å². The number of hydrogen-bond donors (Lipinski definition) is 1. The van der Waals surface area contributed by atoms with Crippen molar-refractivity contribution in [1.29, 1.82) is 0 Å². The van der Waals surface area contributed by atoms with Crippen LogP contribution in [0.2, 0.25) is 0 Å². The van der Waals surface area contributed by atoms with Crippen LogP contribution in [0.25, 0.3) is 10.6 Å². The van der Waals surface area contributed by atoms with Crippen LogP contribution in [0.4, 0.5) is 0 Å². The van der Waals surface area contributed by atoms with Crippen LogP contribution in [0.5, 0.6) is 0 Å². The highest BCUT2D eigenvalue weighted by Gasteiger charge is 2.21. The molecule has 0 radical (unpaired) electrons. The molecule has 3 heterocycles. The highest BCUT2D eigenvalue weighted by atomic mass is 32.1. The third kappa shape index (κ3) is 3.27. The highest BCUT2D eigenvalue weighted by Crippen LogP contribution is 2.29. The lowest BCUT2D eigenvalue weighted by Gasteiger charge is -2.26. The van der Waals surface area contributed by atoms with Crippen molar-refractivity contribution >= 4 is 11.3 Å². The molecule has 2 aromatic heterocycles. The molecule has 0 unspecified atom stereocenters. The first-order valence-electron chi connectivity index (χ1n) is 8.42. The van der Waals surface area contributed by atoms with Gasteiger partial charge in [-0.15, -0.1) is 11.3 Å². The first-order chi connectivity index (χ1) is 12.1. The van der Waals surface area contributed by atoms with Gasteiger partial charge in [-0.05, 0) is 19.4 Å². The normalized spacial score (nSPS) is 14.5. The SMILES string of the molecule is Cc1nc2c(c(=O)[nH]1)CN(Cc1cnc(-c3ccccc3C)s1)CC2. The summed E-state index contributed by atoms with van der Waals surface area (Å²) < 4.78 is 0. The van der Waals surface area contributed by atoms with Crippen molar-refractivity contribution < 1.29 is 0 Å². The first-order valence-corrected chi connectivity index (χ1v) is 9.23. The number of fused-ring (bicyclic) bond motifs is 1. The first kappa shape index (κ1) is 16.2. The minimum Gasteiger partial charge on any atom is -0.310 e. The van der Waals surface area contributed by atoms with E-state index in [1.165, 1.54) is 16.0 Å². The fraction of sp³-hybridized carbons (Fsp3) is 0.316. The number of nitrogens with zero attached hydrogens (tertiary/aromatic N) is 3. The van der Waals surface area contributed by atoms with Crippen LogP contribution >= 0.6 is 11.3 Å². The molecule has 0 bridgehead atoms. The molecule has 0 spiro atoms. The number of nitrogens with one attached hydrogen (secondary N) is 1. The Morgan fingerprint density at radius 2 is 2.12 bits per heavy atom. The van der Waals surface area contributed by atoms with Crippen LogP contribution in [-0.4, -0.2) is 26.4 Å². The van der Waals surface area contributed by atoms with E-state index in [0.29, 0.717) is 12.4 Å². The highest BCUT2D eigenvalue weighted by molar-refractivity contribution is 7.15. The number of rotatable bonds is 3. The van der Waals surface area contributed by atoms with E-state index in [2.05, 4.69) is 38.9 Å². The Bertz CT molecular complexity index is 976. The number of thiazole rings is 1. The maximum absolute atomic E-state index is 12.2. The van der Waals surface area contributed by atoms with Gasteiger partial charge in [-0.2, -0.15) is 0 Å². The summed E-state index contributed by atoms with van der Waals surface area (Å²) >= 11 is 1.73. The largest absolute Gasteiger partial charge is 0.310 e. The minimum atomic E-state index is -0.00268. The monoisotopic (exact) mass is 352 g/mol. The molecule has 0 fully saturated rings. The van der Waals surface area contributed by atoms with E-state index in [1.807, 2.05) is 25.3 Å². The van der Waals surface area contributed by atoms with Gasteiger partial charge < -0.3 is 4.98 Å². The van der Waals surface area contributed by atoms with Gasteiger partial charge in [0.25, 0.3) is 5.56 Å². The molecule has 1 aromatic carbocycles. The maximum Gasteiger partial charge on any atom is 0.255 e. The second-order valence-corrected chi connectivity index (χ2v) is 7.60. The van der Waals surface area contributed by atoms with Gasteiger partial charge in [-0.3, -0.25) is 9.69 Å². The zero-order chi connectivity index (χ0) is 17.4. The predicted molar refractivity (Wildman–Crippen MR) is 99.7 cm³/mol. The van der Waals surface area contributed by atoms with Crippen LogP contribution in [0.3, 0.4) is 0 Å².